The summed E-state index contributed by atoms with van der Waals surface area (Å²) in [6, 6.07) is 3.75. The summed E-state index contributed by atoms with van der Waals surface area (Å²) in [5.41, 5.74) is 0.341. The highest BCUT2D eigenvalue weighted by Gasteiger charge is 2.34. The third-order valence-corrected chi connectivity index (χ3v) is 4.67. The molecule has 2 rings (SSSR count). The minimum absolute atomic E-state index is 0.0497. The van der Waals surface area contributed by atoms with Gasteiger partial charge < -0.3 is 20.1 Å². The van der Waals surface area contributed by atoms with Crippen LogP contribution in [0.5, 0.6) is 5.75 Å². The van der Waals surface area contributed by atoms with Crippen LogP contribution in [0.4, 0.5) is 5.69 Å². The number of carbonyl (C=O) groups excluding carboxylic acids is 2. The number of aromatic carboxylic acids is 1. The molecule has 1 heterocycles. The molecule has 1 aromatic carbocycles. The van der Waals surface area contributed by atoms with Crippen LogP contribution < -0.4 is 10.1 Å². The van der Waals surface area contributed by atoms with Crippen molar-refractivity contribution in [3.8, 4) is 5.75 Å². The van der Waals surface area contributed by atoms with E-state index in [1.54, 1.807) is 11.8 Å². The molecule has 1 aliphatic heterocycles. The highest BCUT2D eigenvalue weighted by Crippen LogP contribution is 2.29. The largest absolute Gasteiger partial charge is 0.489 e. The minimum Gasteiger partial charge on any atom is -0.489 e. The molecule has 25 heavy (non-hydrogen) atoms. The molecule has 1 saturated heterocycles. The maximum Gasteiger partial charge on any atom is 0.335 e. The lowest BCUT2D eigenvalue weighted by atomic mass is 10.1. The summed E-state index contributed by atoms with van der Waals surface area (Å²) < 4.78 is 5.65. The van der Waals surface area contributed by atoms with Gasteiger partial charge >= 0.3 is 5.97 Å². The number of nitrogens with one attached hydrogen (secondary N) is 1. The summed E-state index contributed by atoms with van der Waals surface area (Å²) in [7, 11) is 0. The number of thioether (sulfide) groups is 1. The van der Waals surface area contributed by atoms with Crippen molar-refractivity contribution in [2.45, 2.75) is 39.3 Å². The van der Waals surface area contributed by atoms with E-state index in [1.165, 1.54) is 30.0 Å². The lowest BCUT2D eigenvalue weighted by Crippen LogP contribution is -2.44. The molecular formula is C17H22N2O5S. The first-order valence-electron chi connectivity index (χ1n) is 8.05. The lowest BCUT2D eigenvalue weighted by Gasteiger charge is -2.23. The molecule has 0 aromatic heterocycles. The predicted molar refractivity (Wildman–Crippen MR) is 96.0 cm³/mol. The van der Waals surface area contributed by atoms with Crippen LogP contribution in [-0.2, 0) is 9.59 Å². The van der Waals surface area contributed by atoms with Gasteiger partial charge in [0.2, 0.25) is 11.8 Å². The average molecular weight is 366 g/mol. The number of ether oxygens (including phenoxy) is 1. The lowest BCUT2D eigenvalue weighted by molar-refractivity contribution is -0.135. The molecule has 1 atom stereocenters. The number of amides is 2. The van der Waals surface area contributed by atoms with Crippen LogP contribution in [0.1, 0.15) is 37.6 Å². The molecule has 136 valence electrons. The van der Waals surface area contributed by atoms with Crippen LogP contribution in [0.3, 0.4) is 0 Å². The van der Waals surface area contributed by atoms with Gasteiger partial charge in [0.25, 0.3) is 0 Å². The maximum atomic E-state index is 12.6. The highest BCUT2D eigenvalue weighted by molar-refractivity contribution is 7.99. The quantitative estimate of drug-likeness (QED) is 0.803. The van der Waals surface area contributed by atoms with Crippen molar-refractivity contribution in [3.63, 3.8) is 0 Å². The van der Waals surface area contributed by atoms with Gasteiger partial charge in [0.15, 0.2) is 0 Å². The number of anilines is 1. The number of hydrogen-bond donors (Lipinski definition) is 2. The van der Waals surface area contributed by atoms with Crippen LogP contribution in [0.25, 0.3) is 0 Å². The molecule has 7 nitrogen and oxygen atoms in total. The molecular weight excluding hydrogens is 344 g/mol. The van der Waals surface area contributed by atoms with E-state index >= 15 is 0 Å². The van der Waals surface area contributed by atoms with E-state index in [1.807, 2.05) is 13.8 Å². The molecule has 1 fully saturated rings. The Morgan fingerprint density at radius 2 is 2.12 bits per heavy atom. The molecule has 0 radical (unpaired) electrons. The van der Waals surface area contributed by atoms with Gasteiger partial charge in [-0.15, -0.1) is 11.8 Å². The normalized spacial score (nSPS) is 16.8. The van der Waals surface area contributed by atoms with Crippen LogP contribution >= 0.6 is 11.8 Å². The Labute approximate surface area is 150 Å². The van der Waals surface area contributed by atoms with Crippen molar-refractivity contribution in [2.75, 3.05) is 16.9 Å². The highest BCUT2D eigenvalue weighted by atomic mass is 32.2. The fraction of sp³-hybridized carbons (Fsp3) is 0.471. The van der Waals surface area contributed by atoms with Crippen LogP contribution in [-0.4, -0.2) is 51.6 Å². The number of carboxylic acids is 1. The number of benzene rings is 1. The van der Waals surface area contributed by atoms with E-state index in [-0.39, 0.29) is 23.5 Å². The number of carbonyl (C=O) groups is 3. The second-order valence-corrected chi connectivity index (χ2v) is 6.90. The number of rotatable bonds is 6. The molecule has 0 spiro atoms. The van der Waals surface area contributed by atoms with Gasteiger partial charge in [-0.3, -0.25) is 9.59 Å². The zero-order valence-corrected chi connectivity index (χ0v) is 15.3. The molecule has 2 N–H and O–H groups in total. The first-order chi connectivity index (χ1) is 11.8. The van der Waals surface area contributed by atoms with Crippen molar-refractivity contribution in [1.29, 1.82) is 0 Å². The Balaban J connectivity index is 2.24. The first kappa shape index (κ1) is 19.1. The summed E-state index contributed by atoms with van der Waals surface area (Å²) in [5, 5.41) is 11.9. The molecule has 0 bridgehead atoms. The molecule has 2 amide bonds. The molecule has 1 unspecified atom stereocenters. The monoisotopic (exact) mass is 366 g/mol. The predicted octanol–water partition coefficient (Wildman–Crippen LogP) is 2.42. The minimum atomic E-state index is -1.09. The van der Waals surface area contributed by atoms with E-state index < -0.39 is 12.0 Å². The second kappa shape index (κ2) is 8.24. The van der Waals surface area contributed by atoms with E-state index in [2.05, 4.69) is 5.32 Å². The zero-order valence-electron chi connectivity index (χ0n) is 14.4. The van der Waals surface area contributed by atoms with Crippen LogP contribution in [0.2, 0.25) is 0 Å². The third kappa shape index (κ3) is 4.66. The van der Waals surface area contributed by atoms with E-state index in [0.29, 0.717) is 29.5 Å². The maximum absolute atomic E-state index is 12.6. The summed E-state index contributed by atoms with van der Waals surface area (Å²) >= 11 is 1.51. The standard InChI is InChI=1S/C17H22N2O5S/c1-4-15(20)19-9-25-8-13(19)16(21)18-12-7-11(17(22)23)5-6-14(12)24-10(2)3/h5-7,10,13H,4,8-9H2,1-3H3,(H,18,21)(H,22,23). The van der Waals surface area contributed by atoms with E-state index in [9.17, 15) is 14.4 Å². The Kier molecular flexibility index (Phi) is 6.30. The molecule has 0 aliphatic carbocycles. The fourth-order valence-electron chi connectivity index (χ4n) is 2.44. The van der Waals surface area contributed by atoms with E-state index in [0.717, 1.165) is 0 Å². The van der Waals surface area contributed by atoms with Gasteiger partial charge in [-0.2, -0.15) is 0 Å². The van der Waals surface area contributed by atoms with Crippen molar-refractivity contribution in [1.82, 2.24) is 4.90 Å². The van der Waals surface area contributed by atoms with Gasteiger partial charge in [-0.05, 0) is 32.0 Å². The zero-order chi connectivity index (χ0) is 18.6. The van der Waals surface area contributed by atoms with Gasteiger partial charge in [0.1, 0.15) is 11.8 Å². The molecule has 1 aliphatic rings. The summed E-state index contributed by atoms with van der Waals surface area (Å²) in [6.07, 6.45) is 0.201. The Hall–Kier alpha value is -2.22. The average Bonchev–Trinajstić information content (AvgIpc) is 3.04. The number of hydrogen-bond acceptors (Lipinski definition) is 5. The van der Waals surface area contributed by atoms with Gasteiger partial charge in [-0.25, -0.2) is 4.79 Å². The van der Waals surface area contributed by atoms with Crippen LogP contribution in [0.15, 0.2) is 18.2 Å². The van der Waals surface area contributed by atoms with Crippen molar-refractivity contribution < 1.29 is 24.2 Å². The van der Waals surface area contributed by atoms with E-state index in [4.69, 9.17) is 9.84 Å². The summed E-state index contributed by atoms with van der Waals surface area (Å²) in [5.74, 6) is -0.129. The topological polar surface area (TPSA) is 95.9 Å². The van der Waals surface area contributed by atoms with Crippen LogP contribution in [0, 0.1) is 0 Å². The SMILES string of the molecule is CCC(=O)N1CSCC1C(=O)Nc1cc(C(=O)O)ccc1OC(C)C. The first-order valence-corrected chi connectivity index (χ1v) is 9.21. The Bertz CT molecular complexity index is 677. The number of nitrogens with zero attached hydrogens (tertiary/aromatic N) is 1. The molecule has 1 aromatic rings. The van der Waals surface area contributed by atoms with Gasteiger partial charge in [0, 0.05) is 12.2 Å². The third-order valence-electron chi connectivity index (χ3n) is 3.65. The fourth-order valence-corrected chi connectivity index (χ4v) is 3.62. The van der Waals surface area contributed by atoms with Crippen molar-refractivity contribution >= 4 is 35.2 Å². The smallest absolute Gasteiger partial charge is 0.335 e. The molecule has 0 saturated carbocycles. The summed E-state index contributed by atoms with van der Waals surface area (Å²) in [4.78, 5) is 37.4. The molecule has 8 heteroatoms. The van der Waals surface area contributed by atoms with Gasteiger partial charge in [0.05, 0.1) is 23.2 Å². The van der Waals surface area contributed by atoms with Crippen molar-refractivity contribution in [2.24, 2.45) is 0 Å². The summed E-state index contributed by atoms with van der Waals surface area (Å²) in [6.45, 7) is 5.43. The Morgan fingerprint density at radius 3 is 2.72 bits per heavy atom. The number of carboxylic acid groups (broad SMARTS) is 1. The van der Waals surface area contributed by atoms with Gasteiger partial charge in [-0.1, -0.05) is 6.92 Å². The Morgan fingerprint density at radius 1 is 1.40 bits per heavy atom. The van der Waals surface area contributed by atoms with Crippen molar-refractivity contribution in [3.05, 3.63) is 23.8 Å². The second-order valence-electron chi connectivity index (χ2n) is 5.90.